The fourth-order valence-corrected chi connectivity index (χ4v) is 5.10. The van der Waals surface area contributed by atoms with E-state index in [9.17, 15) is 8.42 Å². The molecule has 0 atom stereocenters. The van der Waals surface area contributed by atoms with Gasteiger partial charge in [0.2, 0.25) is 0 Å². The number of hydrogen-bond acceptors (Lipinski definition) is 4. The van der Waals surface area contributed by atoms with Crippen LogP contribution < -0.4 is 5.73 Å². The van der Waals surface area contributed by atoms with Crippen LogP contribution in [0.25, 0.3) is 0 Å². The number of hydrogen-bond donors (Lipinski definition) is 1. The lowest BCUT2D eigenvalue weighted by Crippen LogP contribution is -2.33. The predicted molar refractivity (Wildman–Crippen MR) is 74.1 cm³/mol. The number of sulfonamides is 1. The standard InChI is InChI=1S/C12H20N2O2S2/c13-10-11-6-7-12(17-11)18(15,16)14-8-4-2-1-3-5-9-14/h6-7H,1-5,8-10,13H2. The third-order valence-corrected chi connectivity index (χ3v) is 6.72. The minimum Gasteiger partial charge on any atom is -0.326 e. The molecule has 1 aromatic heterocycles. The van der Waals surface area contributed by atoms with Crippen molar-refractivity contribution in [3.63, 3.8) is 0 Å². The van der Waals surface area contributed by atoms with Crippen LogP contribution in [0.4, 0.5) is 0 Å². The zero-order valence-electron chi connectivity index (χ0n) is 10.5. The molecular formula is C12H20N2O2S2. The topological polar surface area (TPSA) is 63.4 Å². The zero-order valence-corrected chi connectivity index (χ0v) is 12.1. The molecular weight excluding hydrogens is 268 g/mol. The van der Waals surface area contributed by atoms with Crippen LogP contribution in [0.3, 0.4) is 0 Å². The average molecular weight is 288 g/mol. The van der Waals surface area contributed by atoms with Crippen molar-refractivity contribution < 1.29 is 8.42 Å². The van der Waals surface area contributed by atoms with Gasteiger partial charge in [-0.3, -0.25) is 0 Å². The number of nitrogens with zero attached hydrogens (tertiary/aromatic N) is 1. The van der Waals surface area contributed by atoms with Crippen molar-refractivity contribution in [3.8, 4) is 0 Å². The molecule has 0 bridgehead atoms. The van der Waals surface area contributed by atoms with Crippen LogP contribution in [-0.2, 0) is 16.6 Å². The Labute approximate surface area is 113 Å². The Hall–Kier alpha value is -0.430. The quantitative estimate of drug-likeness (QED) is 0.927. The molecule has 6 heteroatoms. The average Bonchev–Trinajstić information content (AvgIpc) is 2.76. The smallest absolute Gasteiger partial charge is 0.252 e. The lowest BCUT2D eigenvalue weighted by atomic mass is 10.1. The van der Waals surface area contributed by atoms with Crippen molar-refractivity contribution in [2.24, 2.45) is 5.73 Å². The van der Waals surface area contributed by atoms with Crippen LogP contribution >= 0.6 is 11.3 Å². The summed E-state index contributed by atoms with van der Waals surface area (Å²) < 4.78 is 27.0. The summed E-state index contributed by atoms with van der Waals surface area (Å²) in [5.41, 5.74) is 5.53. The molecule has 0 saturated carbocycles. The van der Waals surface area contributed by atoms with Gasteiger partial charge in [0.1, 0.15) is 4.21 Å². The van der Waals surface area contributed by atoms with Crippen LogP contribution in [0.2, 0.25) is 0 Å². The summed E-state index contributed by atoms with van der Waals surface area (Å²) >= 11 is 1.29. The summed E-state index contributed by atoms with van der Waals surface area (Å²) in [7, 11) is -3.29. The molecule has 0 radical (unpaired) electrons. The second-order valence-electron chi connectivity index (χ2n) is 4.60. The maximum absolute atomic E-state index is 12.5. The Bertz CT molecular complexity index is 474. The van der Waals surface area contributed by atoms with E-state index in [4.69, 9.17) is 5.73 Å². The molecule has 2 heterocycles. The third-order valence-electron chi connectivity index (χ3n) is 3.25. The van der Waals surface area contributed by atoms with Crippen LogP contribution in [0.5, 0.6) is 0 Å². The molecule has 0 amide bonds. The number of nitrogens with two attached hydrogens (primary N) is 1. The molecule has 0 aromatic carbocycles. The Balaban J connectivity index is 2.17. The lowest BCUT2D eigenvalue weighted by Gasteiger charge is -2.23. The van der Waals surface area contributed by atoms with Gasteiger partial charge in [0.05, 0.1) is 0 Å². The zero-order chi connectivity index (χ0) is 13.0. The first-order valence-electron chi connectivity index (χ1n) is 6.43. The van der Waals surface area contributed by atoms with Crippen LogP contribution in [-0.4, -0.2) is 25.8 Å². The molecule has 1 aromatic rings. The largest absolute Gasteiger partial charge is 0.326 e. The van der Waals surface area contributed by atoms with E-state index >= 15 is 0 Å². The van der Waals surface area contributed by atoms with Gasteiger partial charge in [0.25, 0.3) is 10.0 Å². The van der Waals surface area contributed by atoms with Crippen molar-refractivity contribution in [2.45, 2.75) is 42.9 Å². The molecule has 0 aliphatic carbocycles. The van der Waals surface area contributed by atoms with Crippen molar-refractivity contribution in [1.29, 1.82) is 0 Å². The van der Waals surface area contributed by atoms with Gasteiger partial charge in [-0.2, -0.15) is 4.31 Å². The van der Waals surface area contributed by atoms with Crippen LogP contribution in [0.1, 0.15) is 37.0 Å². The second kappa shape index (κ2) is 6.14. The third kappa shape index (κ3) is 3.12. The van der Waals surface area contributed by atoms with Crippen molar-refractivity contribution in [3.05, 3.63) is 17.0 Å². The van der Waals surface area contributed by atoms with E-state index in [1.807, 2.05) is 6.07 Å². The van der Waals surface area contributed by atoms with E-state index < -0.39 is 10.0 Å². The summed E-state index contributed by atoms with van der Waals surface area (Å²) in [5, 5.41) is 0. The Morgan fingerprint density at radius 2 is 1.72 bits per heavy atom. The van der Waals surface area contributed by atoms with Crippen LogP contribution in [0, 0.1) is 0 Å². The van der Waals surface area contributed by atoms with Gasteiger partial charge in [-0.05, 0) is 25.0 Å². The maximum Gasteiger partial charge on any atom is 0.252 e. The summed E-state index contributed by atoms with van der Waals surface area (Å²) in [6, 6.07) is 3.49. The molecule has 4 nitrogen and oxygen atoms in total. The molecule has 1 fully saturated rings. The minimum absolute atomic E-state index is 0.403. The van der Waals surface area contributed by atoms with Gasteiger partial charge in [-0.25, -0.2) is 8.42 Å². The number of thiophene rings is 1. The first-order chi connectivity index (χ1) is 8.64. The summed E-state index contributed by atoms with van der Waals surface area (Å²) in [4.78, 5) is 0.917. The fourth-order valence-electron chi connectivity index (χ4n) is 2.19. The van der Waals surface area contributed by atoms with E-state index in [1.54, 1.807) is 10.4 Å². The van der Waals surface area contributed by atoms with E-state index in [0.29, 0.717) is 23.8 Å². The lowest BCUT2D eigenvalue weighted by molar-refractivity contribution is 0.365. The summed E-state index contributed by atoms with van der Waals surface area (Å²) in [6.45, 7) is 1.70. The fraction of sp³-hybridized carbons (Fsp3) is 0.667. The van der Waals surface area contributed by atoms with E-state index in [0.717, 1.165) is 30.6 Å². The van der Waals surface area contributed by atoms with Crippen molar-refractivity contribution >= 4 is 21.4 Å². The van der Waals surface area contributed by atoms with E-state index in [1.165, 1.54) is 17.8 Å². The van der Waals surface area contributed by atoms with E-state index in [2.05, 4.69) is 0 Å². The molecule has 1 aliphatic heterocycles. The second-order valence-corrected chi connectivity index (χ2v) is 7.93. The van der Waals surface area contributed by atoms with Gasteiger partial charge < -0.3 is 5.73 Å². The van der Waals surface area contributed by atoms with Crippen LogP contribution in [0.15, 0.2) is 16.3 Å². The first kappa shape index (κ1) is 14.0. The maximum atomic E-state index is 12.5. The monoisotopic (exact) mass is 288 g/mol. The highest BCUT2D eigenvalue weighted by molar-refractivity contribution is 7.91. The molecule has 2 N–H and O–H groups in total. The Morgan fingerprint density at radius 3 is 2.28 bits per heavy atom. The van der Waals surface area contributed by atoms with Crippen molar-refractivity contribution in [1.82, 2.24) is 4.31 Å². The van der Waals surface area contributed by atoms with Gasteiger partial charge in [0, 0.05) is 24.5 Å². The van der Waals surface area contributed by atoms with Gasteiger partial charge in [0.15, 0.2) is 0 Å². The summed E-state index contributed by atoms with van der Waals surface area (Å²) in [6.07, 6.45) is 5.42. The molecule has 1 saturated heterocycles. The highest BCUT2D eigenvalue weighted by atomic mass is 32.2. The number of rotatable bonds is 3. The Morgan fingerprint density at radius 1 is 1.11 bits per heavy atom. The molecule has 0 spiro atoms. The Kier molecular flexibility index (Phi) is 4.77. The molecule has 1 aliphatic rings. The molecule has 2 rings (SSSR count). The predicted octanol–water partition coefficient (Wildman–Crippen LogP) is 2.16. The minimum atomic E-state index is -3.29. The molecule has 102 valence electrons. The molecule has 18 heavy (non-hydrogen) atoms. The molecule has 0 unspecified atom stereocenters. The van der Waals surface area contributed by atoms with E-state index in [-0.39, 0.29) is 0 Å². The van der Waals surface area contributed by atoms with Gasteiger partial charge >= 0.3 is 0 Å². The SMILES string of the molecule is NCc1ccc(S(=O)(=O)N2CCCCCCC2)s1. The van der Waals surface area contributed by atoms with Gasteiger partial charge in [-0.15, -0.1) is 11.3 Å². The highest BCUT2D eigenvalue weighted by Gasteiger charge is 2.25. The first-order valence-corrected chi connectivity index (χ1v) is 8.69. The normalized spacial score (nSPS) is 19.4. The van der Waals surface area contributed by atoms with Crippen molar-refractivity contribution in [2.75, 3.05) is 13.1 Å². The van der Waals surface area contributed by atoms with Gasteiger partial charge in [-0.1, -0.05) is 19.3 Å². The highest BCUT2D eigenvalue weighted by Crippen LogP contribution is 2.26. The summed E-state index contributed by atoms with van der Waals surface area (Å²) in [5.74, 6) is 0.